The Morgan fingerprint density at radius 2 is 1.22 bits per heavy atom. The third-order valence-corrected chi connectivity index (χ3v) is 9.25. The lowest BCUT2D eigenvalue weighted by molar-refractivity contribution is -0.870. The molecule has 0 saturated carbocycles. The molecule has 9 heteroatoms. The predicted octanol–water partition coefficient (Wildman–Crippen LogP) is 9.24. The summed E-state index contributed by atoms with van der Waals surface area (Å²) in [4.78, 5) is 22.9. The van der Waals surface area contributed by atoms with Crippen molar-refractivity contribution in [2.45, 2.75) is 174 Å². The fraction of sp³-hybridized carbons (Fsp3) is 0.917. The third-order valence-electron chi connectivity index (χ3n) is 8.26. The molecule has 3 atom stereocenters. The number of likely N-dealkylation sites (N-methyl/N-ethyl adjacent to an activating group) is 1. The molecule has 0 aromatic rings. The Bertz CT molecular complexity index is 758. The molecular weight excluding hydrogens is 587 g/mol. The quantitative estimate of drug-likeness (QED) is 0.0280. The number of amides is 1. The molecule has 3 unspecified atom stereocenters. The fourth-order valence-corrected chi connectivity index (χ4v) is 5.94. The minimum Gasteiger partial charge on any atom is -0.391 e. The summed E-state index contributed by atoms with van der Waals surface area (Å²) < 4.78 is 23.5. The highest BCUT2D eigenvalue weighted by Gasteiger charge is 2.28. The molecule has 0 radical (unpaired) electrons. The van der Waals surface area contributed by atoms with Crippen molar-refractivity contribution in [3.8, 4) is 0 Å². The zero-order valence-electron chi connectivity index (χ0n) is 30.1. The number of allylic oxidation sites excluding steroid dienone is 2. The second-order valence-electron chi connectivity index (χ2n) is 14.0. The maximum absolute atomic E-state index is 12.7. The second-order valence-corrected chi connectivity index (χ2v) is 15.4. The van der Waals surface area contributed by atoms with E-state index in [4.69, 9.17) is 9.05 Å². The number of rotatable bonds is 33. The molecule has 3 N–H and O–H groups in total. The maximum atomic E-state index is 12.7. The Morgan fingerprint density at radius 3 is 1.78 bits per heavy atom. The van der Waals surface area contributed by atoms with Gasteiger partial charge in [0.05, 0.1) is 39.9 Å². The van der Waals surface area contributed by atoms with Gasteiger partial charge in [0.2, 0.25) is 5.91 Å². The minimum atomic E-state index is -4.30. The first kappa shape index (κ1) is 44.2. The molecular formula is C36H74N2O6P+. The van der Waals surface area contributed by atoms with E-state index in [0.717, 1.165) is 57.8 Å². The van der Waals surface area contributed by atoms with E-state index in [2.05, 4.69) is 31.3 Å². The fourth-order valence-electron chi connectivity index (χ4n) is 5.20. The monoisotopic (exact) mass is 662 g/mol. The number of nitrogens with one attached hydrogen (secondary N) is 1. The topological polar surface area (TPSA) is 105 Å². The van der Waals surface area contributed by atoms with Gasteiger partial charge in [0, 0.05) is 6.42 Å². The van der Waals surface area contributed by atoms with E-state index >= 15 is 0 Å². The highest BCUT2D eigenvalue weighted by molar-refractivity contribution is 7.47. The van der Waals surface area contributed by atoms with Crippen LogP contribution in [0.25, 0.3) is 0 Å². The number of carbonyl (C=O) groups excluding carboxylic acids is 1. The van der Waals surface area contributed by atoms with E-state index in [9.17, 15) is 19.4 Å². The third kappa shape index (κ3) is 31.6. The standard InChI is InChI=1S/C36H73N2O6P/c1-6-8-10-12-14-16-18-19-20-21-23-25-27-29-35(39)34(33-44-45(41,42)43-32-31-38(3,4)5)37-36(40)30-28-26-24-22-17-15-13-11-9-7-2/h13,15,34-35,39H,6-12,14,16-33H2,1-5H3,(H-,37,40,41,42)/p+1/b15-13-. The molecule has 0 fully saturated rings. The first-order chi connectivity index (χ1) is 21.5. The average molecular weight is 662 g/mol. The van der Waals surface area contributed by atoms with E-state index in [-0.39, 0.29) is 19.1 Å². The molecule has 45 heavy (non-hydrogen) atoms. The van der Waals surface area contributed by atoms with E-state index in [1.165, 1.54) is 77.0 Å². The van der Waals surface area contributed by atoms with Crippen molar-refractivity contribution in [3.05, 3.63) is 12.2 Å². The van der Waals surface area contributed by atoms with Crippen LogP contribution in [0.2, 0.25) is 0 Å². The first-order valence-electron chi connectivity index (χ1n) is 18.6. The molecule has 0 spiro atoms. The molecule has 0 aliphatic carbocycles. The summed E-state index contributed by atoms with van der Waals surface area (Å²) in [7, 11) is 1.61. The van der Waals surface area contributed by atoms with Gasteiger partial charge in [-0.15, -0.1) is 0 Å². The SMILES string of the molecule is CCCC/C=C\CCCCCCC(=O)NC(COP(=O)(O)OCC[N+](C)(C)C)C(O)CCCCCCCCCCCCCCC. The van der Waals surface area contributed by atoms with Gasteiger partial charge < -0.3 is 19.8 Å². The molecule has 1 amide bonds. The number of nitrogens with zero attached hydrogens (tertiary/aromatic N) is 1. The average Bonchev–Trinajstić information content (AvgIpc) is 2.97. The summed E-state index contributed by atoms with van der Waals surface area (Å²) in [5.74, 6) is -0.161. The summed E-state index contributed by atoms with van der Waals surface area (Å²) in [6, 6.07) is -0.759. The molecule has 0 heterocycles. The van der Waals surface area contributed by atoms with Crippen LogP contribution < -0.4 is 5.32 Å². The molecule has 0 aromatic carbocycles. The summed E-state index contributed by atoms with van der Waals surface area (Å²) in [5.41, 5.74) is 0. The molecule has 0 aliphatic rings. The number of unbranched alkanes of at least 4 members (excludes halogenated alkanes) is 18. The summed E-state index contributed by atoms with van der Waals surface area (Å²) in [6.45, 7) is 4.81. The van der Waals surface area contributed by atoms with Gasteiger partial charge in [-0.3, -0.25) is 13.8 Å². The highest BCUT2D eigenvalue weighted by Crippen LogP contribution is 2.43. The first-order valence-corrected chi connectivity index (χ1v) is 20.0. The van der Waals surface area contributed by atoms with Crippen LogP contribution >= 0.6 is 7.82 Å². The van der Waals surface area contributed by atoms with Gasteiger partial charge >= 0.3 is 7.82 Å². The largest absolute Gasteiger partial charge is 0.472 e. The molecule has 0 saturated heterocycles. The van der Waals surface area contributed by atoms with Crippen LogP contribution in [0, 0.1) is 0 Å². The van der Waals surface area contributed by atoms with Gasteiger partial charge in [-0.05, 0) is 32.1 Å². The predicted molar refractivity (Wildman–Crippen MR) is 189 cm³/mol. The Morgan fingerprint density at radius 1 is 0.733 bits per heavy atom. The molecule has 0 aliphatic heterocycles. The van der Waals surface area contributed by atoms with Crippen molar-refractivity contribution in [2.75, 3.05) is 40.9 Å². The van der Waals surface area contributed by atoms with E-state index < -0.39 is 20.0 Å². The number of phosphoric ester groups is 1. The van der Waals surface area contributed by atoms with Crippen molar-refractivity contribution >= 4 is 13.7 Å². The van der Waals surface area contributed by atoms with E-state index in [1.54, 1.807) is 0 Å². The van der Waals surface area contributed by atoms with Crippen molar-refractivity contribution < 1.29 is 32.9 Å². The number of hydrogen-bond acceptors (Lipinski definition) is 5. The lowest BCUT2D eigenvalue weighted by atomic mass is 10.0. The van der Waals surface area contributed by atoms with Gasteiger partial charge in [-0.2, -0.15) is 0 Å². The van der Waals surface area contributed by atoms with Crippen LogP contribution in [0.1, 0.15) is 162 Å². The lowest BCUT2D eigenvalue weighted by Gasteiger charge is -2.26. The summed E-state index contributed by atoms with van der Waals surface area (Å²) in [6.07, 6.45) is 29.4. The van der Waals surface area contributed by atoms with Crippen LogP contribution in [-0.4, -0.2) is 73.4 Å². The van der Waals surface area contributed by atoms with Gasteiger partial charge in [0.15, 0.2) is 0 Å². The Kier molecular flexibility index (Phi) is 28.9. The van der Waals surface area contributed by atoms with Crippen LogP contribution in [0.15, 0.2) is 12.2 Å². The smallest absolute Gasteiger partial charge is 0.391 e. The Hall–Kier alpha value is -0.760. The number of aliphatic hydroxyl groups is 1. The number of phosphoric acid groups is 1. The maximum Gasteiger partial charge on any atom is 0.472 e. The summed E-state index contributed by atoms with van der Waals surface area (Å²) >= 11 is 0. The van der Waals surface area contributed by atoms with Gasteiger partial charge in [-0.25, -0.2) is 4.57 Å². The van der Waals surface area contributed by atoms with Crippen molar-refractivity contribution in [1.82, 2.24) is 5.32 Å². The van der Waals surface area contributed by atoms with Crippen LogP contribution in [0.5, 0.6) is 0 Å². The molecule has 0 rings (SSSR count). The normalized spacial score (nSPS) is 14.9. The van der Waals surface area contributed by atoms with Crippen LogP contribution in [0.3, 0.4) is 0 Å². The lowest BCUT2D eigenvalue weighted by Crippen LogP contribution is -2.46. The number of aliphatic hydroxyl groups excluding tert-OH is 1. The Labute approximate surface area is 278 Å². The Balaban J connectivity index is 4.50. The van der Waals surface area contributed by atoms with Crippen molar-refractivity contribution in [1.29, 1.82) is 0 Å². The second kappa shape index (κ2) is 29.4. The van der Waals surface area contributed by atoms with Crippen molar-refractivity contribution in [2.24, 2.45) is 0 Å². The molecule has 0 bridgehead atoms. The number of hydrogen-bond donors (Lipinski definition) is 3. The van der Waals surface area contributed by atoms with Crippen LogP contribution in [0.4, 0.5) is 0 Å². The van der Waals surface area contributed by atoms with Gasteiger partial charge in [0.1, 0.15) is 13.2 Å². The van der Waals surface area contributed by atoms with E-state index in [0.29, 0.717) is 23.9 Å². The number of carbonyl (C=O) groups is 1. The zero-order chi connectivity index (χ0) is 33.7. The summed E-state index contributed by atoms with van der Waals surface area (Å²) in [5, 5.41) is 13.8. The van der Waals surface area contributed by atoms with Crippen LogP contribution in [-0.2, 0) is 18.4 Å². The molecule has 268 valence electrons. The van der Waals surface area contributed by atoms with E-state index in [1.807, 2.05) is 21.1 Å². The molecule has 8 nitrogen and oxygen atoms in total. The zero-order valence-corrected chi connectivity index (χ0v) is 31.0. The van der Waals surface area contributed by atoms with Crippen molar-refractivity contribution in [3.63, 3.8) is 0 Å². The minimum absolute atomic E-state index is 0.0738. The van der Waals surface area contributed by atoms with Gasteiger partial charge in [-0.1, -0.05) is 135 Å². The van der Waals surface area contributed by atoms with Gasteiger partial charge in [0.25, 0.3) is 0 Å². The molecule has 0 aromatic heterocycles. The number of quaternary nitrogens is 1. The highest BCUT2D eigenvalue weighted by atomic mass is 31.2.